The van der Waals surface area contributed by atoms with Gasteiger partial charge in [0.15, 0.2) is 0 Å². The van der Waals surface area contributed by atoms with Gasteiger partial charge in [-0.15, -0.1) is 0 Å². The van der Waals surface area contributed by atoms with Gasteiger partial charge in [-0.25, -0.2) is 4.68 Å². The average Bonchev–Trinajstić information content (AvgIpc) is 3.31. The van der Waals surface area contributed by atoms with Crippen LogP contribution in [0.25, 0.3) is 5.70 Å². The summed E-state index contributed by atoms with van der Waals surface area (Å²) in [6.07, 6.45) is 1.15. The number of halogens is 2. The SMILES string of the molecule is COc1ccc([C@@H]2Oc3ccccc3C3=C2[C@H](c2ccc(Cl)cc2Cl)n2ncnc2N3)cc1. The first kappa shape index (κ1) is 20.1. The van der Waals surface area contributed by atoms with E-state index in [1.54, 1.807) is 13.2 Å². The van der Waals surface area contributed by atoms with Gasteiger partial charge >= 0.3 is 0 Å². The van der Waals surface area contributed by atoms with Crippen LogP contribution in [-0.2, 0) is 0 Å². The Hall–Kier alpha value is -3.48. The molecule has 1 aromatic heterocycles. The Morgan fingerprint density at radius 1 is 1.03 bits per heavy atom. The van der Waals surface area contributed by atoms with Crippen molar-refractivity contribution in [2.45, 2.75) is 12.1 Å². The second kappa shape index (κ2) is 7.83. The minimum absolute atomic E-state index is 0.344. The average molecular weight is 477 g/mol. The molecular weight excluding hydrogens is 459 g/mol. The maximum atomic E-state index is 6.71. The number of para-hydroxylation sites is 1. The number of nitrogens with zero attached hydrogens (tertiary/aromatic N) is 3. The van der Waals surface area contributed by atoms with E-state index in [0.717, 1.165) is 39.5 Å². The highest BCUT2D eigenvalue weighted by atomic mass is 35.5. The van der Waals surface area contributed by atoms with Gasteiger partial charge in [0.1, 0.15) is 30.0 Å². The zero-order chi connectivity index (χ0) is 22.5. The van der Waals surface area contributed by atoms with Crippen molar-refractivity contribution >= 4 is 34.8 Å². The molecule has 2 aliphatic heterocycles. The number of benzene rings is 3. The highest BCUT2D eigenvalue weighted by Gasteiger charge is 2.41. The first-order valence-electron chi connectivity index (χ1n) is 10.4. The molecule has 164 valence electrons. The molecule has 6 rings (SSSR count). The minimum Gasteiger partial charge on any atom is -0.497 e. The Morgan fingerprint density at radius 2 is 1.85 bits per heavy atom. The lowest BCUT2D eigenvalue weighted by Gasteiger charge is -2.39. The van der Waals surface area contributed by atoms with Crippen LogP contribution in [-0.4, -0.2) is 21.9 Å². The van der Waals surface area contributed by atoms with Crippen molar-refractivity contribution in [1.29, 1.82) is 0 Å². The zero-order valence-corrected chi connectivity index (χ0v) is 19.0. The van der Waals surface area contributed by atoms with E-state index in [2.05, 4.69) is 15.4 Å². The molecule has 0 amide bonds. The molecule has 0 unspecified atom stereocenters. The van der Waals surface area contributed by atoms with Gasteiger partial charge in [-0.1, -0.05) is 53.5 Å². The van der Waals surface area contributed by atoms with Gasteiger partial charge in [-0.2, -0.15) is 10.1 Å². The Labute approximate surface area is 200 Å². The molecule has 8 heteroatoms. The minimum atomic E-state index is -0.387. The monoisotopic (exact) mass is 476 g/mol. The van der Waals surface area contributed by atoms with Crippen LogP contribution in [0.2, 0.25) is 10.0 Å². The van der Waals surface area contributed by atoms with E-state index in [1.165, 1.54) is 6.33 Å². The van der Waals surface area contributed by atoms with Crippen LogP contribution in [0.4, 0.5) is 5.95 Å². The molecule has 3 heterocycles. The molecule has 2 aliphatic rings. The third kappa shape index (κ3) is 3.25. The smallest absolute Gasteiger partial charge is 0.226 e. The van der Waals surface area contributed by atoms with Crippen LogP contribution < -0.4 is 14.8 Å². The molecule has 0 aliphatic carbocycles. The maximum absolute atomic E-state index is 6.71. The molecular formula is C25H18Cl2N4O2. The number of nitrogens with one attached hydrogen (secondary N) is 1. The maximum Gasteiger partial charge on any atom is 0.226 e. The van der Waals surface area contributed by atoms with Crippen molar-refractivity contribution in [3.63, 3.8) is 0 Å². The summed E-state index contributed by atoms with van der Waals surface area (Å²) in [7, 11) is 1.65. The molecule has 3 aromatic carbocycles. The van der Waals surface area contributed by atoms with E-state index in [-0.39, 0.29) is 12.1 Å². The van der Waals surface area contributed by atoms with Crippen molar-refractivity contribution in [3.8, 4) is 11.5 Å². The molecule has 1 N–H and O–H groups in total. The Balaban J connectivity index is 1.62. The van der Waals surface area contributed by atoms with Crippen molar-refractivity contribution in [2.75, 3.05) is 12.4 Å². The van der Waals surface area contributed by atoms with Crippen LogP contribution in [0.5, 0.6) is 11.5 Å². The van der Waals surface area contributed by atoms with Crippen molar-refractivity contribution < 1.29 is 9.47 Å². The number of hydrogen-bond donors (Lipinski definition) is 1. The molecule has 4 aromatic rings. The van der Waals surface area contributed by atoms with E-state index in [1.807, 2.05) is 65.3 Å². The van der Waals surface area contributed by atoms with Gasteiger partial charge in [-0.3, -0.25) is 0 Å². The number of fused-ring (bicyclic) bond motifs is 3. The number of methoxy groups -OCH3 is 1. The van der Waals surface area contributed by atoms with Gasteiger partial charge in [-0.05, 0) is 47.5 Å². The van der Waals surface area contributed by atoms with E-state index in [9.17, 15) is 0 Å². The topological polar surface area (TPSA) is 61.2 Å². The summed E-state index contributed by atoms with van der Waals surface area (Å²) in [4.78, 5) is 4.44. The summed E-state index contributed by atoms with van der Waals surface area (Å²) in [6.45, 7) is 0. The summed E-state index contributed by atoms with van der Waals surface area (Å²) in [5.41, 5.74) is 4.73. The van der Waals surface area contributed by atoms with Crippen molar-refractivity contribution in [1.82, 2.24) is 14.8 Å². The first-order chi connectivity index (χ1) is 16.1. The van der Waals surface area contributed by atoms with Crippen LogP contribution in [0, 0.1) is 0 Å². The second-order valence-corrected chi connectivity index (χ2v) is 8.66. The van der Waals surface area contributed by atoms with Gasteiger partial charge in [0.2, 0.25) is 5.95 Å². The van der Waals surface area contributed by atoms with Crippen LogP contribution in [0.15, 0.2) is 78.6 Å². The van der Waals surface area contributed by atoms with Crippen molar-refractivity contribution in [2.24, 2.45) is 0 Å². The molecule has 0 saturated heterocycles. The third-order valence-corrected chi connectivity index (χ3v) is 6.56. The summed E-state index contributed by atoms with van der Waals surface area (Å²) >= 11 is 12.9. The predicted molar refractivity (Wildman–Crippen MR) is 128 cm³/mol. The summed E-state index contributed by atoms with van der Waals surface area (Å²) < 4.78 is 13.8. The molecule has 0 spiro atoms. The Kier molecular flexibility index (Phi) is 4.78. The molecule has 33 heavy (non-hydrogen) atoms. The molecule has 0 bridgehead atoms. The molecule has 0 radical (unpaired) electrons. The molecule has 6 nitrogen and oxygen atoms in total. The van der Waals surface area contributed by atoms with Crippen molar-refractivity contribution in [3.05, 3.63) is 105 Å². The summed E-state index contributed by atoms with van der Waals surface area (Å²) in [5, 5.41) is 9.13. The number of anilines is 1. The Bertz CT molecular complexity index is 1400. The zero-order valence-electron chi connectivity index (χ0n) is 17.5. The normalized spacial score (nSPS) is 18.5. The second-order valence-electron chi connectivity index (χ2n) is 7.82. The lowest BCUT2D eigenvalue weighted by molar-refractivity contribution is 0.223. The number of hydrogen-bond acceptors (Lipinski definition) is 5. The van der Waals surface area contributed by atoms with Gasteiger partial charge in [0, 0.05) is 21.2 Å². The number of ether oxygens (including phenoxy) is 2. The van der Waals surface area contributed by atoms with E-state index >= 15 is 0 Å². The standard InChI is InChI=1S/C25H18Cl2N4O2/c1-32-16-9-6-14(7-10-16)24-21-22(18-4-2-3-5-20(18)33-24)30-25-28-13-29-31(25)23(21)17-11-8-15(26)12-19(17)27/h2-13,23-24H,1H3,(H,28,29,30)/t23-,24-/m0/s1. The van der Waals surface area contributed by atoms with Gasteiger partial charge in [0.25, 0.3) is 0 Å². The first-order valence-corrected chi connectivity index (χ1v) is 11.1. The van der Waals surface area contributed by atoms with E-state index in [4.69, 9.17) is 32.7 Å². The lowest BCUT2D eigenvalue weighted by Crippen LogP contribution is -2.32. The summed E-state index contributed by atoms with van der Waals surface area (Å²) in [6, 6.07) is 21.0. The number of rotatable bonds is 3. The molecule has 0 saturated carbocycles. The highest BCUT2D eigenvalue weighted by Crippen LogP contribution is 2.51. The van der Waals surface area contributed by atoms with Gasteiger partial charge in [0.05, 0.1) is 12.8 Å². The fourth-order valence-corrected chi connectivity index (χ4v) is 5.01. The highest BCUT2D eigenvalue weighted by molar-refractivity contribution is 6.35. The largest absolute Gasteiger partial charge is 0.497 e. The third-order valence-electron chi connectivity index (χ3n) is 6.00. The van der Waals surface area contributed by atoms with Crippen LogP contribution >= 0.6 is 23.2 Å². The van der Waals surface area contributed by atoms with Crippen LogP contribution in [0.3, 0.4) is 0 Å². The summed E-state index contributed by atoms with van der Waals surface area (Å²) in [5.74, 6) is 2.20. The molecule has 2 atom stereocenters. The van der Waals surface area contributed by atoms with Crippen LogP contribution in [0.1, 0.15) is 28.8 Å². The van der Waals surface area contributed by atoms with E-state index < -0.39 is 0 Å². The lowest BCUT2D eigenvalue weighted by atomic mass is 9.84. The fraction of sp³-hybridized carbons (Fsp3) is 0.120. The Morgan fingerprint density at radius 3 is 2.64 bits per heavy atom. The van der Waals surface area contributed by atoms with E-state index in [0.29, 0.717) is 16.0 Å². The molecule has 0 fully saturated rings. The fourth-order valence-electron chi connectivity index (χ4n) is 4.49. The predicted octanol–water partition coefficient (Wildman–Crippen LogP) is 6.15. The quantitative estimate of drug-likeness (QED) is 0.383. The number of aromatic nitrogens is 3. The van der Waals surface area contributed by atoms with Gasteiger partial charge < -0.3 is 14.8 Å².